The SMILES string of the molecule is CCCC1C(C(=O)N2CCC(C(N)=O)CC2)CNC2CC(C(C)(C)C)NN21. The van der Waals surface area contributed by atoms with Gasteiger partial charge in [0, 0.05) is 37.6 Å². The van der Waals surface area contributed by atoms with E-state index in [2.05, 4.69) is 43.4 Å². The molecule has 3 aliphatic heterocycles. The molecule has 3 heterocycles. The van der Waals surface area contributed by atoms with E-state index in [-0.39, 0.29) is 35.1 Å². The zero-order chi connectivity index (χ0) is 19.8. The Morgan fingerprint density at radius 3 is 2.41 bits per heavy atom. The van der Waals surface area contributed by atoms with E-state index in [1.54, 1.807) is 0 Å². The highest BCUT2D eigenvalue weighted by Crippen LogP contribution is 2.34. The summed E-state index contributed by atoms with van der Waals surface area (Å²) in [5.41, 5.74) is 9.34. The van der Waals surface area contributed by atoms with E-state index in [4.69, 9.17) is 5.73 Å². The molecule has 3 aliphatic rings. The van der Waals surface area contributed by atoms with Gasteiger partial charge in [-0.15, -0.1) is 0 Å². The molecule has 7 heteroatoms. The number of carbonyl (C=O) groups excluding carboxylic acids is 2. The minimum absolute atomic E-state index is 0.0439. The number of nitrogens with one attached hydrogen (secondary N) is 2. The lowest BCUT2D eigenvalue weighted by atomic mass is 9.85. The standard InChI is InChI=1S/C20H37N5O2/c1-5-6-15-14(19(27)24-9-7-13(8-10-24)18(21)26)12-22-17-11-16(20(2,3)4)23-25(15)17/h13-17,22-23H,5-12H2,1-4H3,(H2,21,26). The average molecular weight is 380 g/mol. The molecule has 4 atom stereocenters. The molecule has 3 rings (SSSR count). The van der Waals surface area contributed by atoms with E-state index in [1.165, 1.54) is 0 Å². The lowest BCUT2D eigenvalue weighted by Gasteiger charge is -2.45. The van der Waals surface area contributed by atoms with E-state index < -0.39 is 0 Å². The zero-order valence-corrected chi connectivity index (χ0v) is 17.3. The van der Waals surface area contributed by atoms with E-state index in [0.717, 1.165) is 25.8 Å². The second kappa shape index (κ2) is 8.05. The Balaban J connectivity index is 1.68. The van der Waals surface area contributed by atoms with E-state index >= 15 is 0 Å². The van der Waals surface area contributed by atoms with Gasteiger partial charge in [-0.25, -0.2) is 10.4 Å². The predicted octanol–water partition coefficient (Wildman–Crippen LogP) is 1.05. The Kier molecular flexibility index (Phi) is 6.13. The third-order valence-corrected chi connectivity index (χ3v) is 6.65. The normalized spacial score (nSPS) is 33.1. The number of primary amides is 1. The van der Waals surface area contributed by atoms with Gasteiger partial charge in [0.05, 0.1) is 12.1 Å². The number of nitrogens with zero attached hydrogens (tertiary/aromatic N) is 2. The lowest BCUT2D eigenvalue weighted by molar-refractivity contribution is -0.144. The maximum Gasteiger partial charge on any atom is 0.228 e. The highest BCUT2D eigenvalue weighted by molar-refractivity contribution is 5.81. The molecule has 0 bridgehead atoms. The monoisotopic (exact) mass is 379 g/mol. The molecule has 0 aliphatic carbocycles. The topological polar surface area (TPSA) is 90.7 Å². The summed E-state index contributed by atoms with van der Waals surface area (Å²) in [5.74, 6) is -0.134. The molecule has 3 fully saturated rings. The first-order valence-electron chi connectivity index (χ1n) is 10.6. The maximum atomic E-state index is 13.3. The average Bonchev–Trinajstić information content (AvgIpc) is 3.07. The molecule has 0 aromatic carbocycles. The molecular weight excluding hydrogens is 342 g/mol. The number of carbonyl (C=O) groups is 2. The van der Waals surface area contributed by atoms with Gasteiger partial charge >= 0.3 is 0 Å². The van der Waals surface area contributed by atoms with Gasteiger partial charge in [-0.2, -0.15) is 0 Å². The second-order valence-electron chi connectivity index (χ2n) is 9.58. The quantitative estimate of drug-likeness (QED) is 0.679. The van der Waals surface area contributed by atoms with Crippen LogP contribution in [-0.4, -0.2) is 59.6 Å². The van der Waals surface area contributed by atoms with Crippen molar-refractivity contribution in [1.29, 1.82) is 0 Å². The number of hydrogen-bond acceptors (Lipinski definition) is 5. The fourth-order valence-corrected chi connectivity index (χ4v) is 4.81. The summed E-state index contributed by atoms with van der Waals surface area (Å²) in [4.78, 5) is 26.6. The van der Waals surface area contributed by atoms with Crippen molar-refractivity contribution in [2.75, 3.05) is 19.6 Å². The third-order valence-electron chi connectivity index (χ3n) is 6.65. The highest BCUT2D eigenvalue weighted by atomic mass is 16.2. The van der Waals surface area contributed by atoms with Gasteiger partial charge in [0.2, 0.25) is 11.8 Å². The predicted molar refractivity (Wildman–Crippen MR) is 105 cm³/mol. The number of amides is 2. The first-order valence-corrected chi connectivity index (χ1v) is 10.6. The van der Waals surface area contributed by atoms with Crippen molar-refractivity contribution >= 4 is 11.8 Å². The number of nitrogens with two attached hydrogens (primary N) is 1. The van der Waals surface area contributed by atoms with Crippen LogP contribution in [0, 0.1) is 17.3 Å². The largest absolute Gasteiger partial charge is 0.369 e. The molecule has 0 aromatic rings. The molecule has 2 amide bonds. The van der Waals surface area contributed by atoms with Gasteiger partial charge in [0.25, 0.3) is 0 Å². The number of hydrogen-bond donors (Lipinski definition) is 3. The van der Waals surface area contributed by atoms with E-state index in [9.17, 15) is 9.59 Å². The Labute approximate surface area is 163 Å². The van der Waals surface area contributed by atoms with Crippen LogP contribution in [0.15, 0.2) is 0 Å². The van der Waals surface area contributed by atoms with Crippen LogP contribution in [0.2, 0.25) is 0 Å². The van der Waals surface area contributed by atoms with Crippen LogP contribution in [0.5, 0.6) is 0 Å². The van der Waals surface area contributed by atoms with Crippen LogP contribution in [0.3, 0.4) is 0 Å². The first kappa shape index (κ1) is 20.6. The zero-order valence-electron chi connectivity index (χ0n) is 17.3. The van der Waals surface area contributed by atoms with Crippen molar-refractivity contribution < 1.29 is 9.59 Å². The lowest BCUT2D eigenvalue weighted by Crippen LogP contribution is -2.64. The number of fused-ring (bicyclic) bond motifs is 1. The molecule has 3 saturated heterocycles. The van der Waals surface area contributed by atoms with Crippen LogP contribution >= 0.6 is 0 Å². The fourth-order valence-electron chi connectivity index (χ4n) is 4.81. The number of likely N-dealkylation sites (tertiary alicyclic amines) is 1. The molecule has 7 nitrogen and oxygen atoms in total. The van der Waals surface area contributed by atoms with Crippen molar-refractivity contribution in [3.8, 4) is 0 Å². The van der Waals surface area contributed by atoms with Crippen molar-refractivity contribution in [3.05, 3.63) is 0 Å². The minimum Gasteiger partial charge on any atom is -0.369 e. The molecule has 27 heavy (non-hydrogen) atoms. The van der Waals surface area contributed by atoms with Crippen molar-refractivity contribution in [3.63, 3.8) is 0 Å². The van der Waals surface area contributed by atoms with Gasteiger partial charge in [-0.05, 0) is 31.1 Å². The Bertz CT molecular complexity index is 553. The smallest absolute Gasteiger partial charge is 0.228 e. The van der Waals surface area contributed by atoms with Gasteiger partial charge in [0.1, 0.15) is 0 Å². The maximum absolute atomic E-state index is 13.3. The van der Waals surface area contributed by atoms with Crippen LogP contribution in [-0.2, 0) is 9.59 Å². The Morgan fingerprint density at radius 2 is 1.85 bits per heavy atom. The van der Waals surface area contributed by atoms with Crippen molar-refractivity contribution in [2.24, 2.45) is 23.0 Å². The minimum atomic E-state index is -0.234. The summed E-state index contributed by atoms with van der Waals surface area (Å²) in [6.45, 7) is 11.0. The summed E-state index contributed by atoms with van der Waals surface area (Å²) in [6, 6.07) is 0.629. The van der Waals surface area contributed by atoms with Crippen LogP contribution < -0.4 is 16.5 Å². The first-order chi connectivity index (χ1) is 12.7. The third kappa shape index (κ3) is 4.30. The summed E-state index contributed by atoms with van der Waals surface area (Å²) in [5, 5.41) is 5.95. The van der Waals surface area contributed by atoms with Crippen molar-refractivity contribution in [1.82, 2.24) is 20.7 Å². The molecule has 0 saturated carbocycles. The molecule has 0 radical (unpaired) electrons. The van der Waals surface area contributed by atoms with E-state index in [0.29, 0.717) is 38.1 Å². The summed E-state index contributed by atoms with van der Waals surface area (Å²) in [6.07, 6.45) is 4.82. The van der Waals surface area contributed by atoms with Gasteiger partial charge < -0.3 is 10.6 Å². The molecular formula is C20H37N5O2. The summed E-state index contributed by atoms with van der Waals surface area (Å²) < 4.78 is 0. The molecule has 154 valence electrons. The number of piperidine rings is 1. The Morgan fingerprint density at radius 1 is 1.19 bits per heavy atom. The fraction of sp³-hybridized carbons (Fsp3) is 0.900. The molecule has 0 spiro atoms. The molecule has 4 unspecified atom stereocenters. The van der Waals surface area contributed by atoms with Gasteiger partial charge in [-0.3, -0.25) is 14.9 Å². The number of rotatable bonds is 4. The van der Waals surface area contributed by atoms with E-state index in [1.807, 2.05) is 4.90 Å². The van der Waals surface area contributed by atoms with Crippen LogP contribution in [0.4, 0.5) is 0 Å². The van der Waals surface area contributed by atoms with Crippen LogP contribution in [0.25, 0.3) is 0 Å². The summed E-state index contributed by atoms with van der Waals surface area (Å²) >= 11 is 0. The Hall–Kier alpha value is -1.18. The molecule has 0 aromatic heterocycles. The highest BCUT2D eigenvalue weighted by Gasteiger charge is 2.48. The van der Waals surface area contributed by atoms with Gasteiger partial charge in [0.15, 0.2) is 0 Å². The van der Waals surface area contributed by atoms with Crippen LogP contribution in [0.1, 0.15) is 59.8 Å². The second-order valence-corrected chi connectivity index (χ2v) is 9.58. The molecule has 4 N–H and O–H groups in total. The number of hydrazine groups is 1. The summed E-state index contributed by atoms with van der Waals surface area (Å²) in [7, 11) is 0. The van der Waals surface area contributed by atoms with Gasteiger partial charge in [-0.1, -0.05) is 34.1 Å². The van der Waals surface area contributed by atoms with Crippen molar-refractivity contribution in [2.45, 2.75) is 78.0 Å².